The van der Waals surface area contributed by atoms with Crippen LogP contribution in [0.3, 0.4) is 0 Å². The van der Waals surface area contributed by atoms with Crippen molar-refractivity contribution in [2.75, 3.05) is 26.8 Å². The molecule has 1 aromatic heterocycles. The summed E-state index contributed by atoms with van der Waals surface area (Å²) >= 11 is 4.96. The van der Waals surface area contributed by atoms with Crippen molar-refractivity contribution < 1.29 is 13.9 Å². The average Bonchev–Trinajstić information content (AvgIpc) is 2.92. The lowest BCUT2D eigenvalue weighted by Crippen LogP contribution is -2.30. The molecule has 118 valence electrons. The number of benzene rings is 1. The Hall–Kier alpha value is -1.66. The molecule has 2 aromatic rings. The van der Waals surface area contributed by atoms with Crippen LogP contribution in [-0.2, 0) is 4.74 Å². The van der Waals surface area contributed by atoms with Gasteiger partial charge in [-0.25, -0.2) is 0 Å². The minimum atomic E-state index is 0.0104. The maximum absolute atomic E-state index is 12.5. The molecule has 1 fully saturated rings. The zero-order valence-corrected chi connectivity index (χ0v) is 13.4. The number of aromatic nitrogens is 1. The summed E-state index contributed by atoms with van der Waals surface area (Å²) < 4.78 is 10.7. The van der Waals surface area contributed by atoms with Gasteiger partial charge in [-0.15, -0.1) is 0 Å². The fourth-order valence-electron chi connectivity index (χ4n) is 2.81. The van der Waals surface area contributed by atoms with E-state index in [1.807, 2.05) is 13.1 Å². The molecular weight excluding hydrogens is 300 g/mol. The SMILES string of the molecule is CN(CCC1CCOCC1)C(=O)c1ccc2[nH]c(=S)oc2c1. The molecule has 1 saturated heterocycles. The fraction of sp³-hybridized carbons (Fsp3) is 0.500. The second-order valence-corrected chi connectivity index (χ2v) is 6.17. The number of hydrogen-bond donors (Lipinski definition) is 1. The van der Waals surface area contributed by atoms with Crippen molar-refractivity contribution in [2.45, 2.75) is 19.3 Å². The molecule has 1 amide bonds. The average molecular weight is 320 g/mol. The molecule has 0 saturated carbocycles. The van der Waals surface area contributed by atoms with Crippen molar-refractivity contribution in [3.8, 4) is 0 Å². The van der Waals surface area contributed by atoms with E-state index < -0.39 is 0 Å². The van der Waals surface area contributed by atoms with Gasteiger partial charge in [0, 0.05) is 32.4 Å². The van der Waals surface area contributed by atoms with E-state index in [4.69, 9.17) is 21.4 Å². The number of oxazole rings is 1. The molecule has 1 N–H and O–H groups in total. The zero-order valence-electron chi connectivity index (χ0n) is 12.6. The largest absolute Gasteiger partial charge is 0.429 e. The highest BCUT2D eigenvalue weighted by atomic mass is 32.1. The quantitative estimate of drug-likeness (QED) is 0.877. The summed E-state index contributed by atoms with van der Waals surface area (Å²) in [6.45, 7) is 2.45. The standard InChI is InChI=1S/C16H20N2O3S/c1-18(7-4-11-5-8-20-9-6-11)15(19)12-2-3-13-14(10-12)21-16(22)17-13/h2-3,10-11H,4-9H2,1H3,(H,17,22). The van der Waals surface area contributed by atoms with Gasteiger partial charge in [0.1, 0.15) is 0 Å². The van der Waals surface area contributed by atoms with Crippen LogP contribution in [0.2, 0.25) is 0 Å². The second-order valence-electron chi connectivity index (χ2n) is 5.80. The second kappa shape index (κ2) is 6.62. The van der Waals surface area contributed by atoms with Crippen molar-refractivity contribution in [3.63, 3.8) is 0 Å². The van der Waals surface area contributed by atoms with Gasteiger partial charge in [-0.05, 0) is 55.6 Å². The molecule has 5 nitrogen and oxygen atoms in total. The summed E-state index contributed by atoms with van der Waals surface area (Å²) in [7, 11) is 1.85. The molecule has 6 heteroatoms. The number of carbonyl (C=O) groups excluding carboxylic acids is 1. The van der Waals surface area contributed by atoms with E-state index in [9.17, 15) is 4.79 Å². The summed E-state index contributed by atoms with van der Waals surface area (Å²) in [4.78, 5) is 17.5. The molecule has 0 spiro atoms. The number of H-pyrrole nitrogens is 1. The maximum Gasteiger partial charge on any atom is 0.266 e. The molecule has 1 aromatic carbocycles. The monoisotopic (exact) mass is 320 g/mol. The van der Waals surface area contributed by atoms with Crippen LogP contribution in [0, 0.1) is 10.8 Å². The van der Waals surface area contributed by atoms with Crippen LogP contribution < -0.4 is 0 Å². The van der Waals surface area contributed by atoms with Crippen LogP contribution in [-0.4, -0.2) is 42.6 Å². The summed E-state index contributed by atoms with van der Waals surface area (Å²) in [5.74, 6) is 0.671. The van der Waals surface area contributed by atoms with Gasteiger partial charge in [-0.2, -0.15) is 0 Å². The van der Waals surface area contributed by atoms with Crippen LogP contribution in [0.5, 0.6) is 0 Å². The molecule has 0 atom stereocenters. The highest BCUT2D eigenvalue weighted by Crippen LogP contribution is 2.20. The Morgan fingerprint density at radius 3 is 2.95 bits per heavy atom. The molecule has 2 heterocycles. The lowest BCUT2D eigenvalue weighted by molar-refractivity contribution is 0.0583. The van der Waals surface area contributed by atoms with E-state index in [0.29, 0.717) is 21.9 Å². The molecule has 1 aliphatic rings. The lowest BCUT2D eigenvalue weighted by Gasteiger charge is -2.25. The van der Waals surface area contributed by atoms with Gasteiger partial charge in [0.05, 0.1) is 5.52 Å². The maximum atomic E-state index is 12.5. The van der Waals surface area contributed by atoms with Crippen molar-refractivity contribution in [2.24, 2.45) is 5.92 Å². The third kappa shape index (κ3) is 3.39. The zero-order chi connectivity index (χ0) is 15.5. The number of hydrogen-bond acceptors (Lipinski definition) is 4. The Labute approximate surface area is 134 Å². The minimum Gasteiger partial charge on any atom is -0.429 e. The predicted molar refractivity (Wildman–Crippen MR) is 86.5 cm³/mol. The number of aromatic amines is 1. The van der Waals surface area contributed by atoms with Crippen molar-refractivity contribution >= 4 is 29.2 Å². The van der Waals surface area contributed by atoms with Gasteiger partial charge >= 0.3 is 0 Å². The lowest BCUT2D eigenvalue weighted by atomic mass is 9.96. The summed E-state index contributed by atoms with van der Waals surface area (Å²) in [6.07, 6.45) is 3.22. The molecule has 3 rings (SSSR count). The molecule has 22 heavy (non-hydrogen) atoms. The van der Waals surface area contributed by atoms with Gasteiger partial charge in [-0.3, -0.25) is 4.79 Å². The molecular formula is C16H20N2O3S. The number of rotatable bonds is 4. The first kappa shape index (κ1) is 15.2. The van der Waals surface area contributed by atoms with E-state index in [2.05, 4.69) is 4.98 Å². The topological polar surface area (TPSA) is 58.5 Å². The minimum absolute atomic E-state index is 0.0104. The van der Waals surface area contributed by atoms with Gasteiger partial charge in [0.15, 0.2) is 5.58 Å². The number of amides is 1. The van der Waals surface area contributed by atoms with E-state index in [1.54, 1.807) is 17.0 Å². The Balaban J connectivity index is 1.64. The third-order valence-electron chi connectivity index (χ3n) is 4.23. The van der Waals surface area contributed by atoms with Crippen molar-refractivity contribution in [3.05, 3.63) is 28.6 Å². The first-order valence-corrected chi connectivity index (χ1v) is 8.00. The Morgan fingerprint density at radius 2 is 2.18 bits per heavy atom. The first-order valence-electron chi connectivity index (χ1n) is 7.59. The van der Waals surface area contributed by atoms with Crippen LogP contribution in [0.1, 0.15) is 29.6 Å². The molecule has 1 aliphatic heterocycles. The van der Waals surface area contributed by atoms with Gasteiger partial charge < -0.3 is 19.0 Å². The third-order valence-corrected chi connectivity index (χ3v) is 4.41. The highest BCUT2D eigenvalue weighted by molar-refractivity contribution is 7.71. The van der Waals surface area contributed by atoms with Crippen LogP contribution in [0.15, 0.2) is 22.6 Å². The number of fused-ring (bicyclic) bond motifs is 1. The summed E-state index contributed by atoms with van der Waals surface area (Å²) in [5, 5.41) is 0. The molecule has 0 aliphatic carbocycles. The van der Waals surface area contributed by atoms with Crippen molar-refractivity contribution in [1.29, 1.82) is 0 Å². The van der Waals surface area contributed by atoms with Crippen LogP contribution >= 0.6 is 12.2 Å². The Bertz CT molecular complexity index is 715. The van der Waals surface area contributed by atoms with E-state index in [0.717, 1.165) is 44.5 Å². The van der Waals surface area contributed by atoms with E-state index in [-0.39, 0.29) is 5.91 Å². The normalized spacial score (nSPS) is 16.0. The van der Waals surface area contributed by atoms with Gasteiger partial charge in [0.25, 0.3) is 10.7 Å². The number of nitrogens with one attached hydrogen (secondary N) is 1. The van der Waals surface area contributed by atoms with Gasteiger partial charge in [-0.1, -0.05) is 0 Å². The fourth-order valence-corrected chi connectivity index (χ4v) is 3.01. The number of nitrogens with zero attached hydrogens (tertiary/aromatic N) is 1. The summed E-state index contributed by atoms with van der Waals surface area (Å²) in [5.41, 5.74) is 2.06. The Morgan fingerprint density at radius 1 is 1.41 bits per heavy atom. The van der Waals surface area contributed by atoms with E-state index >= 15 is 0 Å². The van der Waals surface area contributed by atoms with Crippen molar-refractivity contribution in [1.82, 2.24) is 9.88 Å². The highest BCUT2D eigenvalue weighted by Gasteiger charge is 2.17. The van der Waals surface area contributed by atoms with Gasteiger partial charge in [0.2, 0.25) is 0 Å². The number of carbonyl (C=O) groups is 1. The van der Waals surface area contributed by atoms with Crippen LogP contribution in [0.4, 0.5) is 0 Å². The summed E-state index contributed by atoms with van der Waals surface area (Å²) in [6, 6.07) is 5.37. The molecule has 0 unspecified atom stereocenters. The first-order chi connectivity index (χ1) is 10.6. The van der Waals surface area contributed by atoms with E-state index in [1.165, 1.54) is 0 Å². The Kier molecular flexibility index (Phi) is 4.59. The molecule has 0 bridgehead atoms. The smallest absolute Gasteiger partial charge is 0.266 e. The van der Waals surface area contributed by atoms with Crippen LogP contribution in [0.25, 0.3) is 11.1 Å². The predicted octanol–water partition coefficient (Wildman–Crippen LogP) is 3.38. The number of ether oxygens (including phenoxy) is 1. The molecule has 0 radical (unpaired) electrons.